The maximum Gasteiger partial charge on any atom is 0.190 e. The number of hydrogen-bond acceptors (Lipinski definition) is 3. The second kappa shape index (κ2) is 7.05. The van der Waals surface area contributed by atoms with Gasteiger partial charge in [-0.3, -0.25) is 0 Å². The molecule has 0 atom stereocenters. The number of benzene rings is 1. The molecule has 108 valence electrons. The van der Waals surface area contributed by atoms with Gasteiger partial charge in [0.05, 0.1) is 11.5 Å². The van der Waals surface area contributed by atoms with E-state index < -0.39 is 27.2 Å². The molecule has 0 aliphatic carbocycles. The van der Waals surface area contributed by atoms with Crippen molar-refractivity contribution in [3.63, 3.8) is 0 Å². The summed E-state index contributed by atoms with van der Waals surface area (Å²) in [5.41, 5.74) is 0.294. The molecule has 0 saturated heterocycles. The molecule has 3 nitrogen and oxygen atoms in total. The third kappa shape index (κ3) is 4.95. The van der Waals surface area contributed by atoms with Gasteiger partial charge in [-0.25, -0.2) is 17.2 Å². The molecule has 0 aromatic heterocycles. The van der Waals surface area contributed by atoms with Gasteiger partial charge in [-0.1, -0.05) is 6.92 Å². The quantitative estimate of drug-likeness (QED) is 0.727. The predicted octanol–water partition coefficient (Wildman–Crippen LogP) is 2.91. The molecule has 1 aromatic rings. The SMILES string of the molecule is CCCS(=O)(=O)CCOc1c(F)cc(CCl)cc1F. The molecule has 0 N–H and O–H groups in total. The van der Waals surface area contributed by atoms with E-state index in [4.69, 9.17) is 16.3 Å². The predicted molar refractivity (Wildman–Crippen MR) is 70.4 cm³/mol. The van der Waals surface area contributed by atoms with Gasteiger partial charge in [0, 0.05) is 5.88 Å². The first-order valence-electron chi connectivity index (χ1n) is 5.76. The van der Waals surface area contributed by atoms with E-state index in [-0.39, 0.29) is 24.0 Å². The first-order valence-corrected chi connectivity index (χ1v) is 8.12. The van der Waals surface area contributed by atoms with Crippen molar-refractivity contribution < 1.29 is 21.9 Å². The largest absolute Gasteiger partial charge is 0.487 e. The third-order valence-corrected chi connectivity index (χ3v) is 4.50. The Labute approximate surface area is 116 Å². The van der Waals surface area contributed by atoms with Crippen LogP contribution in [0.1, 0.15) is 18.9 Å². The topological polar surface area (TPSA) is 43.4 Å². The van der Waals surface area contributed by atoms with Gasteiger partial charge in [0.15, 0.2) is 27.2 Å². The van der Waals surface area contributed by atoms with Crippen LogP contribution < -0.4 is 4.74 Å². The van der Waals surface area contributed by atoms with Crippen molar-refractivity contribution >= 4 is 21.4 Å². The highest BCUT2D eigenvalue weighted by atomic mass is 35.5. The lowest BCUT2D eigenvalue weighted by molar-refractivity contribution is 0.303. The van der Waals surface area contributed by atoms with Crippen LogP contribution in [0.3, 0.4) is 0 Å². The lowest BCUT2D eigenvalue weighted by Crippen LogP contribution is -2.17. The smallest absolute Gasteiger partial charge is 0.190 e. The summed E-state index contributed by atoms with van der Waals surface area (Å²) < 4.78 is 54.7. The fourth-order valence-electron chi connectivity index (χ4n) is 1.51. The van der Waals surface area contributed by atoms with Crippen LogP contribution in [-0.2, 0) is 15.7 Å². The lowest BCUT2D eigenvalue weighted by Gasteiger charge is -2.09. The molecule has 0 heterocycles. The van der Waals surface area contributed by atoms with Crippen molar-refractivity contribution in [3.05, 3.63) is 29.3 Å². The van der Waals surface area contributed by atoms with E-state index in [1.165, 1.54) is 0 Å². The molecule has 0 amide bonds. The van der Waals surface area contributed by atoms with E-state index in [0.29, 0.717) is 12.0 Å². The first-order chi connectivity index (χ1) is 8.89. The van der Waals surface area contributed by atoms with Gasteiger partial charge in [0.25, 0.3) is 0 Å². The van der Waals surface area contributed by atoms with Crippen LogP contribution in [0, 0.1) is 11.6 Å². The summed E-state index contributed by atoms with van der Waals surface area (Å²) in [5.74, 6) is -2.59. The van der Waals surface area contributed by atoms with Crippen LogP contribution in [0.5, 0.6) is 5.75 Å². The van der Waals surface area contributed by atoms with Gasteiger partial charge in [0.1, 0.15) is 6.61 Å². The average molecular weight is 313 g/mol. The van der Waals surface area contributed by atoms with E-state index in [2.05, 4.69) is 0 Å². The fourth-order valence-corrected chi connectivity index (χ4v) is 2.83. The normalized spacial score (nSPS) is 11.6. The fraction of sp³-hybridized carbons (Fsp3) is 0.500. The monoisotopic (exact) mass is 312 g/mol. The summed E-state index contributed by atoms with van der Waals surface area (Å²) in [5, 5.41) is 0. The molecule has 1 aromatic carbocycles. The molecule has 0 radical (unpaired) electrons. The zero-order chi connectivity index (χ0) is 14.5. The Bertz CT molecular complexity index is 509. The van der Waals surface area contributed by atoms with E-state index in [1.807, 2.05) is 0 Å². The molecule has 0 bridgehead atoms. The molecular formula is C12H15ClF2O3S. The highest BCUT2D eigenvalue weighted by Crippen LogP contribution is 2.24. The molecule has 7 heteroatoms. The Morgan fingerprint density at radius 3 is 2.26 bits per heavy atom. The van der Waals surface area contributed by atoms with E-state index in [1.54, 1.807) is 6.92 Å². The highest BCUT2D eigenvalue weighted by molar-refractivity contribution is 7.91. The molecule has 0 fully saturated rings. The van der Waals surface area contributed by atoms with Crippen LogP contribution in [-0.4, -0.2) is 26.5 Å². The molecule has 19 heavy (non-hydrogen) atoms. The van der Waals surface area contributed by atoms with Crippen molar-refractivity contribution in [2.45, 2.75) is 19.2 Å². The summed E-state index contributed by atoms with van der Waals surface area (Å²) in [4.78, 5) is 0. The van der Waals surface area contributed by atoms with Gasteiger partial charge in [0.2, 0.25) is 0 Å². The molecular weight excluding hydrogens is 298 g/mol. The first kappa shape index (κ1) is 16.2. The number of alkyl halides is 1. The van der Waals surface area contributed by atoms with E-state index in [9.17, 15) is 17.2 Å². The Morgan fingerprint density at radius 1 is 1.21 bits per heavy atom. The number of halogens is 3. The standard InChI is InChI=1S/C12H15ClF2O3S/c1-2-4-19(16,17)5-3-18-12-10(14)6-9(8-13)7-11(12)15/h6-7H,2-5,8H2,1H3. The Balaban J connectivity index is 2.69. The zero-order valence-electron chi connectivity index (χ0n) is 10.5. The lowest BCUT2D eigenvalue weighted by atomic mass is 10.2. The third-order valence-electron chi connectivity index (χ3n) is 2.37. The Morgan fingerprint density at radius 2 is 1.79 bits per heavy atom. The molecule has 0 saturated carbocycles. The number of sulfone groups is 1. The maximum absolute atomic E-state index is 13.5. The van der Waals surface area contributed by atoms with Crippen molar-refractivity contribution in [1.82, 2.24) is 0 Å². The molecule has 0 aliphatic heterocycles. The molecule has 0 spiro atoms. The van der Waals surface area contributed by atoms with Crippen LogP contribution in [0.25, 0.3) is 0 Å². The molecule has 0 unspecified atom stereocenters. The average Bonchev–Trinajstić information content (AvgIpc) is 2.32. The van der Waals surface area contributed by atoms with Gasteiger partial charge < -0.3 is 4.74 Å². The van der Waals surface area contributed by atoms with Gasteiger partial charge in [-0.15, -0.1) is 11.6 Å². The highest BCUT2D eigenvalue weighted by Gasteiger charge is 2.15. The van der Waals surface area contributed by atoms with Gasteiger partial charge in [-0.05, 0) is 24.1 Å². The second-order valence-corrected chi connectivity index (χ2v) is 6.59. The number of rotatable bonds is 7. The Hall–Kier alpha value is -0.880. The summed E-state index contributed by atoms with van der Waals surface area (Å²) in [6.07, 6.45) is 0.496. The van der Waals surface area contributed by atoms with Crippen molar-refractivity contribution in [3.8, 4) is 5.75 Å². The minimum absolute atomic E-state index is 0.0149. The summed E-state index contributed by atoms with van der Waals surface area (Å²) in [6, 6.07) is 2.12. The van der Waals surface area contributed by atoms with Crippen LogP contribution in [0.15, 0.2) is 12.1 Å². The number of ether oxygens (including phenoxy) is 1. The van der Waals surface area contributed by atoms with E-state index >= 15 is 0 Å². The second-order valence-electron chi connectivity index (χ2n) is 4.02. The zero-order valence-corrected chi connectivity index (χ0v) is 12.0. The summed E-state index contributed by atoms with van der Waals surface area (Å²) >= 11 is 5.47. The van der Waals surface area contributed by atoms with Crippen LogP contribution in [0.4, 0.5) is 8.78 Å². The molecule has 0 aliphatic rings. The minimum Gasteiger partial charge on any atom is -0.487 e. The van der Waals surface area contributed by atoms with Gasteiger partial charge >= 0.3 is 0 Å². The van der Waals surface area contributed by atoms with Crippen molar-refractivity contribution in [1.29, 1.82) is 0 Å². The van der Waals surface area contributed by atoms with Crippen molar-refractivity contribution in [2.24, 2.45) is 0 Å². The summed E-state index contributed by atoms with van der Waals surface area (Å²) in [6.45, 7) is 1.46. The van der Waals surface area contributed by atoms with Gasteiger partial charge in [-0.2, -0.15) is 0 Å². The van der Waals surface area contributed by atoms with Crippen LogP contribution in [0.2, 0.25) is 0 Å². The molecule has 1 rings (SSSR count). The number of hydrogen-bond donors (Lipinski definition) is 0. The Kier molecular flexibility index (Phi) is 6.00. The van der Waals surface area contributed by atoms with Crippen LogP contribution >= 0.6 is 11.6 Å². The summed E-state index contributed by atoms with van der Waals surface area (Å²) in [7, 11) is -3.23. The van der Waals surface area contributed by atoms with E-state index in [0.717, 1.165) is 12.1 Å². The maximum atomic E-state index is 13.5. The van der Waals surface area contributed by atoms with Crippen molar-refractivity contribution in [2.75, 3.05) is 18.1 Å². The minimum atomic E-state index is -3.23.